The van der Waals surface area contributed by atoms with E-state index < -0.39 is 11.6 Å². The molecular formula is C26H27F2N7. The van der Waals surface area contributed by atoms with Crippen molar-refractivity contribution in [2.75, 3.05) is 18.4 Å². The summed E-state index contributed by atoms with van der Waals surface area (Å²) in [7, 11) is 0. The van der Waals surface area contributed by atoms with Gasteiger partial charge in [0.1, 0.15) is 22.9 Å². The molecule has 5 rings (SSSR count). The van der Waals surface area contributed by atoms with Crippen LogP contribution in [-0.2, 0) is 0 Å². The molecule has 0 amide bonds. The van der Waals surface area contributed by atoms with Gasteiger partial charge in [0.15, 0.2) is 11.6 Å². The number of imidazole rings is 1. The van der Waals surface area contributed by atoms with Crippen LogP contribution in [0.15, 0.2) is 43.2 Å². The summed E-state index contributed by atoms with van der Waals surface area (Å²) in [5, 5.41) is 6.35. The first-order chi connectivity index (χ1) is 16.8. The highest BCUT2D eigenvalue weighted by Gasteiger charge is 2.20. The van der Waals surface area contributed by atoms with Crippen molar-refractivity contribution in [2.45, 2.75) is 33.2 Å². The van der Waals surface area contributed by atoms with E-state index >= 15 is 0 Å². The van der Waals surface area contributed by atoms with E-state index in [0.717, 1.165) is 36.8 Å². The summed E-state index contributed by atoms with van der Waals surface area (Å²) in [5.41, 5.74) is 3.19. The number of hydrogen-bond acceptors (Lipinski definition) is 6. The second-order valence-electron chi connectivity index (χ2n) is 9.11. The number of hydrogen-bond donors (Lipinski definition) is 2. The van der Waals surface area contributed by atoms with Gasteiger partial charge >= 0.3 is 0 Å². The molecule has 1 fully saturated rings. The van der Waals surface area contributed by atoms with Crippen LogP contribution >= 0.6 is 0 Å². The van der Waals surface area contributed by atoms with E-state index in [2.05, 4.69) is 37.1 Å². The molecule has 1 unspecified atom stereocenters. The lowest BCUT2D eigenvalue weighted by atomic mass is 9.94. The van der Waals surface area contributed by atoms with E-state index in [1.807, 2.05) is 37.5 Å². The highest BCUT2D eigenvalue weighted by Crippen LogP contribution is 2.31. The highest BCUT2D eigenvalue weighted by atomic mass is 19.1. The van der Waals surface area contributed by atoms with Crippen LogP contribution in [0.5, 0.6) is 0 Å². The van der Waals surface area contributed by atoms with Gasteiger partial charge in [-0.05, 0) is 75.1 Å². The maximum absolute atomic E-state index is 14.9. The van der Waals surface area contributed by atoms with Gasteiger partial charge in [0.2, 0.25) is 5.95 Å². The fraction of sp³-hybridized carbons (Fsp3) is 0.308. The minimum Gasteiger partial charge on any atom is -0.326 e. The number of rotatable bonds is 6. The maximum Gasteiger partial charge on any atom is 0.229 e. The van der Waals surface area contributed by atoms with Crippen LogP contribution in [0.25, 0.3) is 27.9 Å². The molecule has 1 aliphatic rings. The van der Waals surface area contributed by atoms with Gasteiger partial charge in [-0.2, -0.15) is 0 Å². The van der Waals surface area contributed by atoms with Crippen molar-refractivity contribution < 1.29 is 8.78 Å². The third-order valence-electron chi connectivity index (χ3n) is 6.39. The lowest BCUT2D eigenvalue weighted by molar-refractivity contribution is 0.600. The quantitative estimate of drug-likeness (QED) is 0.388. The normalized spacial score (nSPS) is 15.8. The number of benzene rings is 1. The molecular weight excluding hydrogens is 448 g/mol. The van der Waals surface area contributed by atoms with Crippen molar-refractivity contribution in [3.63, 3.8) is 0 Å². The van der Waals surface area contributed by atoms with E-state index in [-0.39, 0.29) is 23.2 Å². The van der Waals surface area contributed by atoms with Crippen LogP contribution in [0.4, 0.5) is 20.5 Å². The van der Waals surface area contributed by atoms with Crippen LogP contribution in [-0.4, -0.2) is 37.6 Å². The zero-order valence-corrected chi connectivity index (χ0v) is 19.9. The molecule has 35 heavy (non-hydrogen) atoms. The fourth-order valence-corrected chi connectivity index (χ4v) is 4.65. The molecule has 0 bridgehead atoms. The summed E-state index contributed by atoms with van der Waals surface area (Å²) >= 11 is 0. The number of nitrogens with one attached hydrogen (secondary N) is 2. The minimum atomic E-state index is -0.647. The molecule has 0 radical (unpaired) electrons. The molecule has 1 saturated heterocycles. The molecule has 1 aliphatic heterocycles. The molecule has 0 saturated carbocycles. The molecule has 0 spiro atoms. The van der Waals surface area contributed by atoms with Crippen LogP contribution in [0.2, 0.25) is 0 Å². The van der Waals surface area contributed by atoms with Crippen LogP contribution in [0, 0.1) is 24.5 Å². The lowest BCUT2D eigenvalue weighted by Gasteiger charge is -2.13. The molecule has 3 aromatic heterocycles. The van der Waals surface area contributed by atoms with Gasteiger partial charge in [-0.3, -0.25) is 0 Å². The third kappa shape index (κ3) is 4.39. The van der Waals surface area contributed by atoms with E-state index in [1.165, 1.54) is 6.07 Å². The first kappa shape index (κ1) is 23.0. The number of pyridine rings is 1. The summed E-state index contributed by atoms with van der Waals surface area (Å²) in [6.07, 6.45) is 3.89. The van der Waals surface area contributed by atoms with Gasteiger partial charge in [-0.25, -0.2) is 28.7 Å². The van der Waals surface area contributed by atoms with Crippen molar-refractivity contribution in [1.82, 2.24) is 29.8 Å². The predicted octanol–water partition coefficient (Wildman–Crippen LogP) is 5.42. The van der Waals surface area contributed by atoms with Gasteiger partial charge in [0, 0.05) is 24.3 Å². The first-order valence-electron chi connectivity index (χ1n) is 11.7. The number of fused-ring (bicyclic) bond motifs is 1. The van der Waals surface area contributed by atoms with E-state index in [9.17, 15) is 8.78 Å². The molecule has 9 heteroatoms. The zero-order valence-electron chi connectivity index (χ0n) is 19.9. The Morgan fingerprint density at radius 1 is 1.14 bits per heavy atom. The summed E-state index contributed by atoms with van der Waals surface area (Å²) in [5.74, 6) is 0.604. The fourth-order valence-electron chi connectivity index (χ4n) is 4.65. The molecule has 2 N–H and O–H groups in total. The van der Waals surface area contributed by atoms with E-state index in [4.69, 9.17) is 0 Å². The Labute approximate surface area is 202 Å². The Balaban J connectivity index is 1.44. The Bertz CT molecular complexity index is 1400. The number of aryl methyl sites for hydroxylation is 1. The largest absolute Gasteiger partial charge is 0.326 e. The summed E-state index contributed by atoms with van der Waals surface area (Å²) in [6.45, 7) is 11.9. The second-order valence-corrected chi connectivity index (χ2v) is 9.11. The summed E-state index contributed by atoms with van der Waals surface area (Å²) < 4.78 is 31.6. The van der Waals surface area contributed by atoms with Crippen LogP contribution in [0.1, 0.15) is 37.7 Å². The van der Waals surface area contributed by atoms with Crippen molar-refractivity contribution in [3.05, 3.63) is 66.3 Å². The smallest absolute Gasteiger partial charge is 0.229 e. The number of nitrogens with zero attached hydrogens (tertiary/aromatic N) is 5. The van der Waals surface area contributed by atoms with Gasteiger partial charge < -0.3 is 15.2 Å². The number of anilines is 2. The van der Waals surface area contributed by atoms with Crippen molar-refractivity contribution in [3.8, 4) is 11.3 Å². The molecule has 0 aliphatic carbocycles. The summed E-state index contributed by atoms with van der Waals surface area (Å²) in [4.78, 5) is 17.2. The lowest BCUT2D eigenvalue weighted by Crippen LogP contribution is -2.10. The number of aromatic nitrogens is 5. The maximum atomic E-state index is 14.9. The zero-order chi connectivity index (χ0) is 24.7. The van der Waals surface area contributed by atoms with Crippen molar-refractivity contribution in [1.29, 1.82) is 0 Å². The molecule has 4 aromatic rings. The summed E-state index contributed by atoms with van der Waals surface area (Å²) in [6, 6.07) is 6.79. The average molecular weight is 476 g/mol. The van der Waals surface area contributed by atoms with Crippen LogP contribution < -0.4 is 10.6 Å². The van der Waals surface area contributed by atoms with Crippen molar-refractivity contribution in [2.24, 2.45) is 5.92 Å². The third-order valence-corrected chi connectivity index (χ3v) is 6.39. The Hall–Kier alpha value is -3.72. The number of halogens is 2. The minimum absolute atomic E-state index is 0.00353. The molecule has 180 valence electrons. The van der Waals surface area contributed by atoms with E-state index in [1.54, 1.807) is 12.3 Å². The average Bonchev–Trinajstić information content (AvgIpc) is 3.48. The van der Waals surface area contributed by atoms with Gasteiger partial charge in [0.25, 0.3) is 0 Å². The SMILES string of the molecule is C=C(c1ccc(Nc2ncc(F)c(-c3cc(F)c4nc(C)n(C(C)C)c4c3)n2)nc1)C1CCNC1. The predicted molar refractivity (Wildman–Crippen MR) is 133 cm³/mol. The second kappa shape index (κ2) is 9.14. The Morgan fingerprint density at radius 2 is 1.97 bits per heavy atom. The standard InChI is InChI=1S/C26H27F2N7/c1-14(2)35-16(4)32-25-20(27)9-19(10-22(25)35)24-21(28)13-31-26(34-24)33-23-6-5-17(12-30-23)15(3)18-7-8-29-11-18/h5-6,9-10,12-14,18,29H,3,7-8,11H2,1-2,4H3,(H,30,31,33,34). The molecule has 4 heterocycles. The molecule has 1 atom stereocenters. The van der Waals surface area contributed by atoms with E-state index in [0.29, 0.717) is 28.6 Å². The Morgan fingerprint density at radius 3 is 2.66 bits per heavy atom. The van der Waals surface area contributed by atoms with Gasteiger partial charge in [-0.1, -0.05) is 6.58 Å². The van der Waals surface area contributed by atoms with Crippen LogP contribution in [0.3, 0.4) is 0 Å². The molecule has 1 aromatic carbocycles. The molecule has 7 nitrogen and oxygen atoms in total. The van der Waals surface area contributed by atoms with Gasteiger partial charge in [-0.15, -0.1) is 0 Å². The Kier molecular flexibility index (Phi) is 6.02. The highest BCUT2D eigenvalue weighted by molar-refractivity contribution is 5.83. The topological polar surface area (TPSA) is 80.6 Å². The van der Waals surface area contributed by atoms with Crippen molar-refractivity contribution >= 4 is 28.4 Å². The first-order valence-corrected chi connectivity index (χ1v) is 11.7. The van der Waals surface area contributed by atoms with Gasteiger partial charge in [0.05, 0.1) is 11.7 Å². The monoisotopic (exact) mass is 475 g/mol.